The van der Waals surface area contributed by atoms with E-state index in [1.54, 1.807) is 0 Å². The third kappa shape index (κ3) is 7.24. The minimum atomic E-state index is 0. The molecule has 2 aromatic rings. The number of hydrogen-bond donors (Lipinski definition) is 0. The molecular formula is C14H18Cl2Zr. The Hall–Kier alpha value is 0.163. The van der Waals surface area contributed by atoms with Crippen molar-refractivity contribution < 1.29 is 51.0 Å². The molecule has 0 N–H and O–H groups in total. The molecule has 0 spiro atoms. The fourth-order valence-corrected chi connectivity index (χ4v) is 1.45. The maximum atomic E-state index is 2.24. The Morgan fingerprint density at radius 2 is 1.47 bits per heavy atom. The van der Waals surface area contributed by atoms with E-state index in [1.807, 2.05) is 30.3 Å². The molecule has 0 atom stereocenters. The molecule has 0 nitrogen and oxygen atoms in total. The van der Waals surface area contributed by atoms with E-state index >= 15 is 0 Å². The molecule has 0 aliphatic rings. The van der Waals surface area contributed by atoms with Gasteiger partial charge in [-0.05, 0) is 0 Å². The quantitative estimate of drug-likeness (QED) is 0.486. The van der Waals surface area contributed by atoms with Crippen molar-refractivity contribution in [1.29, 1.82) is 0 Å². The summed E-state index contributed by atoms with van der Waals surface area (Å²) in [4.78, 5) is 0. The van der Waals surface area contributed by atoms with E-state index in [4.69, 9.17) is 0 Å². The van der Waals surface area contributed by atoms with Crippen LogP contribution in [0.5, 0.6) is 0 Å². The average Bonchev–Trinajstić information content (AvgIpc) is 2.78. The molecule has 0 saturated heterocycles. The molecule has 0 saturated carbocycles. The maximum absolute atomic E-state index is 2.24. The summed E-state index contributed by atoms with van der Waals surface area (Å²) in [6, 6.07) is 12.2. The first-order chi connectivity index (χ1) is 6.63. The van der Waals surface area contributed by atoms with Crippen LogP contribution in [0.2, 0.25) is 0 Å². The number of hydrogen-bond acceptors (Lipinski definition) is 0. The SMILES string of the molecule is Cc1c[c-](C)c(C)c1C.[Cl-].[Cl-].[Zr+4].c1cc[cH-]c1. The smallest absolute Gasteiger partial charge is 1.00 e. The molecule has 0 aliphatic carbocycles. The second-order valence-electron chi connectivity index (χ2n) is 3.72. The summed E-state index contributed by atoms with van der Waals surface area (Å²) in [5.74, 6) is 0. The molecule has 0 bridgehead atoms. The molecule has 0 aromatic heterocycles. The van der Waals surface area contributed by atoms with Gasteiger partial charge in [0.15, 0.2) is 0 Å². The molecular weight excluding hydrogens is 330 g/mol. The molecule has 2 rings (SSSR count). The fraction of sp³-hybridized carbons (Fsp3) is 0.286. The maximum Gasteiger partial charge on any atom is 4.00 e. The summed E-state index contributed by atoms with van der Waals surface area (Å²) in [6.45, 7) is 8.68. The molecule has 0 fully saturated rings. The Labute approximate surface area is 136 Å². The first-order valence-electron chi connectivity index (χ1n) is 4.99. The van der Waals surface area contributed by atoms with Crippen LogP contribution in [0.1, 0.15) is 22.3 Å². The van der Waals surface area contributed by atoms with Crippen LogP contribution in [0.4, 0.5) is 0 Å². The fourth-order valence-electron chi connectivity index (χ4n) is 1.45. The van der Waals surface area contributed by atoms with Crippen LogP contribution in [-0.4, -0.2) is 0 Å². The zero-order valence-corrected chi connectivity index (χ0v) is 14.7. The van der Waals surface area contributed by atoms with Gasteiger partial charge in [-0.2, -0.15) is 46.5 Å². The van der Waals surface area contributed by atoms with Gasteiger partial charge in [-0.3, -0.25) is 0 Å². The molecule has 0 amide bonds. The van der Waals surface area contributed by atoms with E-state index in [0.717, 1.165) is 0 Å². The van der Waals surface area contributed by atoms with Crippen LogP contribution in [0.25, 0.3) is 0 Å². The van der Waals surface area contributed by atoms with Crippen LogP contribution in [-0.2, 0) is 26.2 Å². The monoisotopic (exact) mass is 346 g/mol. The molecule has 0 unspecified atom stereocenters. The van der Waals surface area contributed by atoms with Crippen molar-refractivity contribution in [3.8, 4) is 0 Å². The van der Waals surface area contributed by atoms with E-state index in [1.165, 1.54) is 22.3 Å². The van der Waals surface area contributed by atoms with Gasteiger partial charge in [0.2, 0.25) is 0 Å². The van der Waals surface area contributed by atoms with Crippen molar-refractivity contribution in [1.82, 2.24) is 0 Å². The van der Waals surface area contributed by atoms with Crippen molar-refractivity contribution in [2.75, 3.05) is 0 Å². The molecule has 0 radical (unpaired) electrons. The largest absolute Gasteiger partial charge is 4.00 e. The Kier molecular flexibility index (Phi) is 14.8. The van der Waals surface area contributed by atoms with Crippen LogP contribution < -0.4 is 24.8 Å². The van der Waals surface area contributed by atoms with Crippen molar-refractivity contribution in [3.05, 3.63) is 58.7 Å². The molecule has 3 heteroatoms. The standard InChI is InChI=1S/C9H13.C5H5.2ClH.Zr/c1-6-5-7(2)9(4)8(6)3;1-2-4-5-3-1;;;/h5H,1-4H3;1-5H;2*1H;/q2*-1;;;+4/p-2. The van der Waals surface area contributed by atoms with Crippen molar-refractivity contribution >= 4 is 0 Å². The molecule has 17 heavy (non-hydrogen) atoms. The van der Waals surface area contributed by atoms with Crippen LogP contribution >= 0.6 is 0 Å². The zero-order chi connectivity index (χ0) is 10.6. The number of halogens is 2. The Morgan fingerprint density at radius 1 is 1.00 bits per heavy atom. The second kappa shape index (κ2) is 11.3. The van der Waals surface area contributed by atoms with E-state index in [9.17, 15) is 0 Å². The van der Waals surface area contributed by atoms with Gasteiger partial charge in [0.05, 0.1) is 0 Å². The zero-order valence-electron chi connectivity index (χ0n) is 10.7. The van der Waals surface area contributed by atoms with Gasteiger partial charge in [0, 0.05) is 0 Å². The van der Waals surface area contributed by atoms with Gasteiger partial charge in [0.1, 0.15) is 0 Å². The van der Waals surface area contributed by atoms with Gasteiger partial charge in [0.25, 0.3) is 0 Å². The van der Waals surface area contributed by atoms with Gasteiger partial charge < -0.3 is 24.8 Å². The van der Waals surface area contributed by atoms with E-state index in [-0.39, 0.29) is 51.0 Å². The van der Waals surface area contributed by atoms with Crippen molar-refractivity contribution in [2.45, 2.75) is 27.7 Å². The second-order valence-corrected chi connectivity index (χ2v) is 3.72. The predicted octanol–water partition coefficient (Wildman–Crippen LogP) is -1.95. The molecule has 0 aliphatic heterocycles. The van der Waals surface area contributed by atoms with E-state index in [0.29, 0.717) is 0 Å². The van der Waals surface area contributed by atoms with E-state index < -0.39 is 0 Å². The minimum absolute atomic E-state index is 0. The summed E-state index contributed by atoms with van der Waals surface area (Å²) >= 11 is 0. The van der Waals surface area contributed by atoms with Crippen LogP contribution in [0.3, 0.4) is 0 Å². The van der Waals surface area contributed by atoms with Gasteiger partial charge >= 0.3 is 26.2 Å². The van der Waals surface area contributed by atoms with Gasteiger partial charge in [-0.25, -0.2) is 12.1 Å². The Balaban J connectivity index is -0.000000216. The Bertz CT molecular complexity index is 335. The number of rotatable bonds is 0. The van der Waals surface area contributed by atoms with E-state index in [2.05, 4.69) is 33.8 Å². The molecule has 92 valence electrons. The van der Waals surface area contributed by atoms with Crippen molar-refractivity contribution in [2.24, 2.45) is 0 Å². The third-order valence-corrected chi connectivity index (χ3v) is 2.73. The molecule has 0 heterocycles. The third-order valence-electron chi connectivity index (χ3n) is 2.73. The summed E-state index contributed by atoms with van der Waals surface area (Å²) in [5.41, 5.74) is 5.75. The molecule has 2 aromatic carbocycles. The summed E-state index contributed by atoms with van der Waals surface area (Å²) in [6.07, 6.45) is 0. The Morgan fingerprint density at radius 3 is 1.59 bits per heavy atom. The summed E-state index contributed by atoms with van der Waals surface area (Å²) in [7, 11) is 0. The number of aryl methyl sites for hydroxylation is 2. The normalized spacial score (nSPS) is 7.76. The average molecular weight is 348 g/mol. The van der Waals surface area contributed by atoms with Gasteiger partial charge in [-0.1, -0.05) is 27.7 Å². The minimum Gasteiger partial charge on any atom is -1.00 e. The topological polar surface area (TPSA) is 0 Å². The summed E-state index contributed by atoms with van der Waals surface area (Å²) < 4.78 is 0. The summed E-state index contributed by atoms with van der Waals surface area (Å²) in [5, 5.41) is 0. The van der Waals surface area contributed by atoms with Crippen molar-refractivity contribution in [3.63, 3.8) is 0 Å². The van der Waals surface area contributed by atoms with Crippen LogP contribution in [0, 0.1) is 27.7 Å². The predicted molar refractivity (Wildman–Crippen MR) is 63.0 cm³/mol. The first-order valence-corrected chi connectivity index (χ1v) is 4.99. The van der Waals surface area contributed by atoms with Crippen LogP contribution in [0.15, 0.2) is 36.4 Å². The van der Waals surface area contributed by atoms with Gasteiger partial charge in [-0.15, -0.1) is 0 Å². The first kappa shape index (κ1) is 22.4.